The van der Waals surface area contributed by atoms with E-state index in [4.69, 9.17) is 10.8 Å². The number of aliphatic hydroxyl groups is 1. The largest absolute Gasteiger partial charge is 0.387 e. The van der Waals surface area contributed by atoms with Crippen LogP contribution in [0.5, 0.6) is 0 Å². The molecule has 15 heavy (non-hydrogen) atoms. The summed E-state index contributed by atoms with van der Waals surface area (Å²) in [5, 5.41) is 19.4. The van der Waals surface area contributed by atoms with Crippen molar-refractivity contribution < 1.29 is 18.8 Å². The third kappa shape index (κ3) is 2.25. The van der Waals surface area contributed by atoms with Crippen molar-refractivity contribution in [3.05, 3.63) is 39.4 Å². The number of benzene rings is 1. The molecule has 3 N–H and O–H groups in total. The fourth-order valence-corrected chi connectivity index (χ4v) is 1.07. The normalized spacial score (nSPS) is 12.5. The molecule has 0 aliphatic rings. The van der Waals surface area contributed by atoms with Gasteiger partial charge < -0.3 is 10.8 Å². The fourth-order valence-electron chi connectivity index (χ4n) is 1.07. The zero-order chi connectivity index (χ0) is 11.6. The van der Waals surface area contributed by atoms with Gasteiger partial charge in [0.1, 0.15) is 5.82 Å². The minimum Gasteiger partial charge on any atom is -0.387 e. The van der Waals surface area contributed by atoms with E-state index in [1.165, 1.54) is 0 Å². The maximum Gasteiger partial charge on any atom is 0.307 e. The van der Waals surface area contributed by atoms with Crippen molar-refractivity contribution in [1.82, 2.24) is 0 Å². The Morgan fingerprint density at radius 2 is 2.07 bits per heavy atom. The molecule has 1 atom stereocenters. The molecule has 0 radical (unpaired) electrons. The molecule has 0 aliphatic carbocycles. The highest BCUT2D eigenvalue weighted by atomic mass is 19.1. The molecule has 0 aromatic heterocycles. The van der Waals surface area contributed by atoms with Crippen LogP contribution in [0, 0.1) is 21.7 Å². The number of hydrogen-bond acceptors (Lipinski definition) is 4. The van der Waals surface area contributed by atoms with Crippen LogP contribution >= 0.6 is 0 Å². The minimum atomic E-state index is -1.37. The van der Waals surface area contributed by atoms with Crippen molar-refractivity contribution in [2.75, 3.05) is 6.54 Å². The van der Waals surface area contributed by atoms with Crippen LogP contribution in [0.4, 0.5) is 14.5 Å². The van der Waals surface area contributed by atoms with Crippen LogP contribution in [-0.2, 0) is 0 Å². The maximum atomic E-state index is 13.1. The van der Waals surface area contributed by atoms with Crippen molar-refractivity contribution >= 4 is 5.69 Å². The van der Waals surface area contributed by atoms with Gasteiger partial charge in [-0.1, -0.05) is 0 Å². The molecule has 0 bridgehead atoms. The summed E-state index contributed by atoms with van der Waals surface area (Å²) in [6.45, 7) is -0.297. The van der Waals surface area contributed by atoms with Crippen molar-refractivity contribution in [2.45, 2.75) is 6.10 Å². The first-order chi connectivity index (χ1) is 6.97. The van der Waals surface area contributed by atoms with E-state index in [0.717, 1.165) is 0 Å². The van der Waals surface area contributed by atoms with E-state index in [1.807, 2.05) is 0 Å². The molecule has 1 aromatic carbocycles. The molecule has 0 aliphatic heterocycles. The summed E-state index contributed by atoms with van der Waals surface area (Å²) in [5.74, 6) is -2.26. The Hall–Kier alpha value is -1.60. The molecule has 0 amide bonds. The molecule has 5 nitrogen and oxygen atoms in total. The van der Waals surface area contributed by atoms with Gasteiger partial charge >= 0.3 is 5.69 Å². The van der Waals surface area contributed by atoms with Crippen LogP contribution < -0.4 is 5.73 Å². The van der Waals surface area contributed by atoms with Gasteiger partial charge in [0.2, 0.25) is 5.82 Å². The lowest BCUT2D eigenvalue weighted by Gasteiger charge is -2.08. The molecule has 1 aromatic rings. The molecule has 0 heterocycles. The van der Waals surface area contributed by atoms with E-state index in [9.17, 15) is 18.9 Å². The van der Waals surface area contributed by atoms with Gasteiger partial charge in [0, 0.05) is 12.1 Å². The van der Waals surface area contributed by atoms with Crippen LogP contribution in [0.3, 0.4) is 0 Å². The van der Waals surface area contributed by atoms with Gasteiger partial charge in [-0.3, -0.25) is 10.1 Å². The number of hydrogen-bond donors (Lipinski definition) is 2. The quantitative estimate of drug-likeness (QED) is 0.581. The standard InChI is InChI=1S/C8H8F2N2O3/c9-5-2-7(12(14)15)6(10)1-4(5)8(13)3-11/h1-2,8,13H,3,11H2/t8-/m0/s1. The van der Waals surface area contributed by atoms with E-state index >= 15 is 0 Å². The van der Waals surface area contributed by atoms with Gasteiger partial charge in [-0.2, -0.15) is 4.39 Å². The lowest BCUT2D eigenvalue weighted by atomic mass is 10.1. The lowest BCUT2D eigenvalue weighted by molar-refractivity contribution is -0.387. The first-order valence-electron chi connectivity index (χ1n) is 3.98. The summed E-state index contributed by atoms with van der Waals surface area (Å²) in [7, 11) is 0. The summed E-state index contributed by atoms with van der Waals surface area (Å²) in [6, 6.07) is 0.995. The Balaban J connectivity index is 3.25. The summed E-state index contributed by atoms with van der Waals surface area (Å²) in [5.41, 5.74) is 3.69. The number of nitro groups is 1. The number of aliphatic hydroxyl groups excluding tert-OH is 1. The van der Waals surface area contributed by atoms with Crippen LogP contribution in [0.1, 0.15) is 11.7 Å². The van der Waals surface area contributed by atoms with E-state index in [0.29, 0.717) is 12.1 Å². The van der Waals surface area contributed by atoms with Crippen LogP contribution in [0.25, 0.3) is 0 Å². The second-order valence-corrected chi connectivity index (χ2v) is 2.83. The van der Waals surface area contributed by atoms with Crippen molar-refractivity contribution in [3.8, 4) is 0 Å². The van der Waals surface area contributed by atoms with Gasteiger partial charge in [0.15, 0.2) is 0 Å². The van der Waals surface area contributed by atoms with E-state index in [2.05, 4.69) is 0 Å². The van der Waals surface area contributed by atoms with Crippen molar-refractivity contribution in [2.24, 2.45) is 5.73 Å². The van der Waals surface area contributed by atoms with Gasteiger partial charge in [-0.25, -0.2) is 4.39 Å². The zero-order valence-electron chi connectivity index (χ0n) is 7.48. The maximum absolute atomic E-state index is 13.1. The summed E-state index contributed by atoms with van der Waals surface area (Å²) in [4.78, 5) is 9.19. The molecule has 82 valence electrons. The first-order valence-corrected chi connectivity index (χ1v) is 3.98. The molecule has 0 saturated carbocycles. The predicted molar refractivity (Wildman–Crippen MR) is 47.0 cm³/mol. The summed E-state index contributed by atoms with van der Waals surface area (Å²) < 4.78 is 26.2. The predicted octanol–water partition coefficient (Wildman–Crippen LogP) is 0.865. The third-order valence-electron chi connectivity index (χ3n) is 1.85. The van der Waals surface area contributed by atoms with Gasteiger partial charge in [-0.05, 0) is 6.07 Å². The molecule has 0 saturated heterocycles. The third-order valence-corrected chi connectivity index (χ3v) is 1.85. The molecular weight excluding hydrogens is 210 g/mol. The second-order valence-electron chi connectivity index (χ2n) is 2.83. The van der Waals surface area contributed by atoms with Crippen LogP contribution in [0.2, 0.25) is 0 Å². The molecule has 0 fully saturated rings. The van der Waals surface area contributed by atoms with Crippen LogP contribution in [0.15, 0.2) is 12.1 Å². The topological polar surface area (TPSA) is 89.4 Å². The highest BCUT2D eigenvalue weighted by Gasteiger charge is 2.21. The fraction of sp³-hybridized carbons (Fsp3) is 0.250. The Kier molecular flexibility index (Phi) is 3.28. The number of nitrogens with two attached hydrogens (primary N) is 1. The second kappa shape index (κ2) is 4.28. The Morgan fingerprint density at radius 3 is 2.53 bits per heavy atom. The number of nitrogens with zero attached hydrogens (tertiary/aromatic N) is 1. The number of nitro benzene ring substituents is 1. The van der Waals surface area contributed by atoms with Crippen molar-refractivity contribution in [3.63, 3.8) is 0 Å². The Morgan fingerprint density at radius 1 is 1.47 bits per heavy atom. The van der Waals surface area contributed by atoms with E-state index < -0.39 is 28.3 Å². The smallest absolute Gasteiger partial charge is 0.307 e. The number of rotatable bonds is 3. The van der Waals surface area contributed by atoms with Crippen molar-refractivity contribution in [1.29, 1.82) is 0 Å². The average Bonchev–Trinajstić information content (AvgIpc) is 2.19. The average molecular weight is 218 g/mol. The number of halogens is 2. The van der Waals surface area contributed by atoms with Gasteiger partial charge in [-0.15, -0.1) is 0 Å². The Bertz CT molecular complexity index is 398. The summed E-state index contributed by atoms with van der Waals surface area (Å²) in [6.07, 6.45) is -1.37. The first kappa shape index (κ1) is 11.5. The molecule has 0 spiro atoms. The highest BCUT2D eigenvalue weighted by molar-refractivity contribution is 5.37. The minimum absolute atomic E-state index is 0.297. The molecule has 7 heteroatoms. The van der Waals surface area contributed by atoms with E-state index in [1.54, 1.807) is 0 Å². The van der Waals surface area contributed by atoms with Gasteiger partial charge in [0.05, 0.1) is 17.1 Å². The molecule has 1 rings (SSSR count). The lowest BCUT2D eigenvalue weighted by Crippen LogP contribution is -2.13. The van der Waals surface area contributed by atoms with E-state index in [-0.39, 0.29) is 12.1 Å². The Labute approximate surface area is 83.3 Å². The summed E-state index contributed by atoms with van der Waals surface area (Å²) >= 11 is 0. The molecule has 0 unspecified atom stereocenters. The molecular formula is C8H8F2N2O3. The zero-order valence-corrected chi connectivity index (χ0v) is 7.48. The highest BCUT2D eigenvalue weighted by Crippen LogP contribution is 2.24. The van der Waals surface area contributed by atoms with Gasteiger partial charge in [0.25, 0.3) is 0 Å². The SMILES string of the molecule is NC[C@H](O)c1cc(F)c([N+](=O)[O-])cc1F. The van der Waals surface area contributed by atoms with Crippen LogP contribution in [-0.4, -0.2) is 16.6 Å². The monoisotopic (exact) mass is 218 g/mol.